The molecule has 4 heterocycles. The smallest absolute Gasteiger partial charge is 0.277 e. The Bertz CT molecular complexity index is 1390. The number of hydrogen-bond donors (Lipinski definition) is 2. The van der Waals surface area contributed by atoms with Crippen LogP contribution in [0.15, 0.2) is 45.4 Å². The molecule has 38 heavy (non-hydrogen) atoms. The van der Waals surface area contributed by atoms with Crippen molar-refractivity contribution in [3.8, 4) is 10.4 Å². The second-order valence-electron chi connectivity index (χ2n) is 10.6. The fourth-order valence-electron chi connectivity index (χ4n) is 5.32. The maximum Gasteiger partial charge on any atom is 0.277 e. The monoisotopic (exact) mass is 531 g/mol. The van der Waals surface area contributed by atoms with E-state index in [0.29, 0.717) is 25.2 Å². The number of hydrogen-bond acceptors (Lipinski definition) is 8. The molecular formula is C26H31B2N5O4S. The summed E-state index contributed by atoms with van der Waals surface area (Å²) in [4.78, 5) is 38.5. The van der Waals surface area contributed by atoms with E-state index in [1.54, 1.807) is 23.2 Å². The van der Waals surface area contributed by atoms with Gasteiger partial charge in [0.05, 0.1) is 36.0 Å². The van der Waals surface area contributed by atoms with Gasteiger partial charge < -0.3 is 19.8 Å². The summed E-state index contributed by atoms with van der Waals surface area (Å²) in [5.74, 6) is -0.187. The first kappa shape index (κ1) is 26.4. The summed E-state index contributed by atoms with van der Waals surface area (Å²) < 4.78 is 5.54. The normalized spacial score (nSPS) is 24.0. The molecule has 2 aliphatic rings. The van der Waals surface area contributed by atoms with Crippen LogP contribution in [0, 0.1) is 12.8 Å². The van der Waals surface area contributed by atoms with Crippen LogP contribution in [-0.2, 0) is 15.1 Å². The molecule has 0 spiro atoms. The fraction of sp³-hybridized carbons (Fsp3) is 0.423. The van der Waals surface area contributed by atoms with Crippen LogP contribution < -0.4 is 10.9 Å². The van der Waals surface area contributed by atoms with Crippen LogP contribution in [0.25, 0.3) is 10.4 Å². The molecule has 196 valence electrons. The summed E-state index contributed by atoms with van der Waals surface area (Å²) in [6.07, 6.45) is -0.419. The molecule has 4 atom stereocenters. The number of nitrogens with one attached hydrogen (secondary N) is 1. The lowest BCUT2D eigenvalue weighted by Gasteiger charge is -2.31. The van der Waals surface area contributed by atoms with E-state index in [1.807, 2.05) is 64.4 Å². The summed E-state index contributed by atoms with van der Waals surface area (Å²) in [6.45, 7) is 7.86. The summed E-state index contributed by atoms with van der Waals surface area (Å²) in [7, 11) is 2.69. The van der Waals surface area contributed by atoms with Crippen molar-refractivity contribution in [2.75, 3.05) is 6.54 Å². The number of β-amino-alcohol motifs (C(OH)–C–C–N with tert-alkyl or cyclic N) is 1. The minimum absolute atomic E-state index is 0.0513. The number of aliphatic hydroxyl groups excluding tert-OH is 1. The number of rotatable bonds is 7. The highest BCUT2D eigenvalue weighted by atomic mass is 32.1. The van der Waals surface area contributed by atoms with Gasteiger partial charge in [0, 0.05) is 18.6 Å². The van der Waals surface area contributed by atoms with Crippen molar-refractivity contribution in [3.05, 3.63) is 52.9 Å². The van der Waals surface area contributed by atoms with Gasteiger partial charge in [-0.1, -0.05) is 43.3 Å². The van der Waals surface area contributed by atoms with E-state index in [2.05, 4.69) is 20.4 Å². The quantitative estimate of drug-likeness (QED) is 0.434. The Morgan fingerprint density at radius 3 is 2.68 bits per heavy atom. The zero-order valence-electron chi connectivity index (χ0n) is 22.3. The third-order valence-corrected chi connectivity index (χ3v) is 8.53. The molecule has 1 fully saturated rings. The van der Waals surface area contributed by atoms with Gasteiger partial charge in [-0.2, -0.15) is 4.99 Å². The molecule has 1 aromatic carbocycles. The molecular weight excluding hydrogens is 500 g/mol. The molecule has 2 amide bonds. The average molecular weight is 531 g/mol. The Morgan fingerprint density at radius 1 is 1.34 bits per heavy atom. The molecule has 12 heteroatoms. The van der Waals surface area contributed by atoms with Crippen molar-refractivity contribution in [2.45, 2.75) is 57.7 Å². The van der Waals surface area contributed by atoms with Crippen molar-refractivity contribution >= 4 is 49.5 Å². The number of thiazole rings is 1. The molecule has 0 bridgehead atoms. The standard InChI is InChI=1S/C26H31B2N5O4S/c1-13(2)21(19-10-20(28-27)32-37-19)24(35)33-11-17(34)9-18(33)23-30-25(36)26(4,31-23)16-7-5-15(6-8-16)22-14(3)29-12-38-22/h5-8,10,12-13,17-18,21,28,34H,9,11,27H2,1-4H3,(H,30,31,36). The van der Waals surface area contributed by atoms with Gasteiger partial charge >= 0.3 is 0 Å². The lowest BCUT2D eigenvalue weighted by Crippen LogP contribution is -2.51. The summed E-state index contributed by atoms with van der Waals surface area (Å²) in [6, 6.07) is 9.10. The average Bonchev–Trinajstić information content (AvgIpc) is 3.67. The van der Waals surface area contributed by atoms with Crippen LogP contribution in [0.5, 0.6) is 0 Å². The molecule has 0 aliphatic carbocycles. The zero-order chi connectivity index (χ0) is 27.2. The summed E-state index contributed by atoms with van der Waals surface area (Å²) in [5.41, 5.74) is 4.32. The van der Waals surface area contributed by atoms with E-state index >= 15 is 0 Å². The Hall–Kier alpha value is -3.24. The Labute approximate surface area is 227 Å². The Kier molecular flexibility index (Phi) is 7.04. The predicted molar refractivity (Wildman–Crippen MR) is 151 cm³/mol. The highest BCUT2D eigenvalue weighted by Gasteiger charge is 2.48. The second kappa shape index (κ2) is 10.1. The van der Waals surface area contributed by atoms with E-state index in [4.69, 9.17) is 4.52 Å². The van der Waals surface area contributed by atoms with Crippen molar-refractivity contribution in [3.63, 3.8) is 0 Å². The van der Waals surface area contributed by atoms with Gasteiger partial charge in [0.25, 0.3) is 5.91 Å². The summed E-state index contributed by atoms with van der Waals surface area (Å²) in [5, 5.41) is 18.0. The molecule has 9 nitrogen and oxygen atoms in total. The van der Waals surface area contributed by atoms with Crippen LogP contribution in [0.4, 0.5) is 0 Å². The summed E-state index contributed by atoms with van der Waals surface area (Å²) >= 11 is 1.58. The first-order valence-electron chi connectivity index (χ1n) is 13.0. The molecule has 3 aromatic rings. The maximum absolute atomic E-state index is 13.8. The van der Waals surface area contributed by atoms with Gasteiger partial charge in [-0.3, -0.25) is 9.59 Å². The first-order chi connectivity index (χ1) is 18.1. The molecule has 1 saturated heterocycles. The number of carbonyl (C=O) groups is 2. The number of amides is 2. The molecule has 0 radical (unpaired) electrons. The lowest BCUT2D eigenvalue weighted by molar-refractivity contribution is -0.134. The largest absolute Gasteiger partial charge is 0.391 e. The minimum Gasteiger partial charge on any atom is -0.391 e. The van der Waals surface area contributed by atoms with E-state index < -0.39 is 23.6 Å². The van der Waals surface area contributed by atoms with Gasteiger partial charge in [-0.15, -0.1) is 11.3 Å². The maximum atomic E-state index is 13.8. The molecule has 0 saturated carbocycles. The van der Waals surface area contributed by atoms with Crippen LogP contribution in [0.1, 0.15) is 50.1 Å². The number of aliphatic imine (C=N–C) groups is 1. The Balaban J connectivity index is 1.39. The third-order valence-electron chi connectivity index (χ3n) is 7.55. The number of aromatic nitrogens is 2. The predicted octanol–water partition coefficient (Wildman–Crippen LogP) is 0.862. The molecule has 2 aromatic heterocycles. The van der Waals surface area contributed by atoms with Crippen LogP contribution in [0.2, 0.25) is 0 Å². The van der Waals surface area contributed by atoms with E-state index in [9.17, 15) is 14.7 Å². The molecule has 2 aliphatic heterocycles. The van der Waals surface area contributed by atoms with Gasteiger partial charge in [0.15, 0.2) is 0 Å². The van der Waals surface area contributed by atoms with Gasteiger partial charge in [0.1, 0.15) is 30.2 Å². The highest BCUT2D eigenvalue weighted by molar-refractivity contribution is 7.13. The number of aliphatic hydroxyl groups is 1. The number of amidine groups is 1. The van der Waals surface area contributed by atoms with Gasteiger partial charge in [-0.25, -0.2) is 4.98 Å². The van der Waals surface area contributed by atoms with Crippen LogP contribution in [0.3, 0.4) is 0 Å². The van der Waals surface area contributed by atoms with Crippen molar-refractivity contribution in [1.82, 2.24) is 20.4 Å². The van der Waals surface area contributed by atoms with Gasteiger partial charge in [-0.05, 0) is 37.0 Å². The van der Waals surface area contributed by atoms with Crippen molar-refractivity contribution in [1.29, 1.82) is 0 Å². The van der Waals surface area contributed by atoms with Crippen molar-refractivity contribution < 1.29 is 19.2 Å². The van der Waals surface area contributed by atoms with E-state index in [1.165, 1.54) is 0 Å². The third kappa shape index (κ3) is 4.60. The number of carbonyl (C=O) groups excluding carboxylic acids is 2. The van der Waals surface area contributed by atoms with Gasteiger partial charge in [0.2, 0.25) is 5.91 Å². The molecule has 2 N–H and O–H groups in total. The minimum atomic E-state index is -1.07. The fourth-order valence-corrected chi connectivity index (χ4v) is 6.13. The topological polar surface area (TPSA) is 121 Å². The lowest BCUT2D eigenvalue weighted by atomic mass is 9.53. The number of benzene rings is 1. The number of likely N-dealkylation sites (tertiary alicyclic amines) is 1. The number of aryl methyl sites for hydroxylation is 1. The number of nitrogens with zero attached hydrogens (tertiary/aromatic N) is 4. The van der Waals surface area contributed by atoms with E-state index in [0.717, 1.165) is 27.3 Å². The molecule has 4 unspecified atom stereocenters. The molecule has 5 rings (SSSR count). The Morgan fingerprint density at radius 2 is 2.08 bits per heavy atom. The first-order valence-corrected chi connectivity index (χ1v) is 13.9. The SMILES string of the molecule is BBc1cc(C(C(=O)N2CC(O)CC2C2=NC(=O)C(C)(c3ccc(-c4scnc4C)cc3)N2)C(C)C)on1. The van der Waals surface area contributed by atoms with Crippen LogP contribution >= 0.6 is 11.3 Å². The van der Waals surface area contributed by atoms with Crippen molar-refractivity contribution in [2.24, 2.45) is 10.9 Å². The second-order valence-corrected chi connectivity index (χ2v) is 11.4. The highest BCUT2D eigenvalue weighted by Crippen LogP contribution is 2.35. The van der Waals surface area contributed by atoms with Crippen LogP contribution in [-0.4, -0.2) is 71.4 Å². The van der Waals surface area contributed by atoms with E-state index in [-0.39, 0.29) is 24.3 Å². The zero-order valence-corrected chi connectivity index (χ0v) is 23.1.